The van der Waals surface area contributed by atoms with E-state index in [9.17, 15) is 20.1 Å². The highest BCUT2D eigenvalue weighted by molar-refractivity contribution is 5.89. The number of carbonyl (C=O) groups is 1. The van der Waals surface area contributed by atoms with Gasteiger partial charge in [0.25, 0.3) is 0 Å². The van der Waals surface area contributed by atoms with Crippen molar-refractivity contribution in [1.29, 1.82) is 0 Å². The molecule has 1 aliphatic heterocycles. The fourth-order valence-electron chi connectivity index (χ4n) is 7.21. The summed E-state index contributed by atoms with van der Waals surface area (Å²) in [7, 11) is 0. The average Bonchev–Trinajstić information content (AvgIpc) is 4.00. The molecule has 17 heteroatoms. The van der Waals surface area contributed by atoms with E-state index in [0.717, 1.165) is 11.1 Å². The summed E-state index contributed by atoms with van der Waals surface area (Å²) in [5.41, 5.74) is 3.85. The first-order chi connectivity index (χ1) is 25.9. The number of aromatic nitrogens is 9. The van der Waals surface area contributed by atoms with Crippen molar-refractivity contribution in [2.24, 2.45) is 0 Å². The number of aliphatic hydroxyl groups is 3. The van der Waals surface area contributed by atoms with Gasteiger partial charge in [-0.2, -0.15) is 14.8 Å². The molecule has 1 saturated carbocycles. The van der Waals surface area contributed by atoms with E-state index in [1.165, 1.54) is 4.80 Å². The highest BCUT2D eigenvalue weighted by atomic mass is 16.3. The summed E-state index contributed by atoms with van der Waals surface area (Å²) in [4.78, 5) is 34.8. The monoisotopic (exact) mass is 717 g/mol. The van der Waals surface area contributed by atoms with Crippen LogP contribution in [0.15, 0.2) is 91.5 Å². The molecule has 2 aliphatic rings. The zero-order chi connectivity index (χ0) is 36.3. The van der Waals surface area contributed by atoms with Gasteiger partial charge in [-0.25, -0.2) is 9.78 Å². The standard InChI is InChI=1S/C36H39N13O4/c50-20-29-44-46-49(45-29)28-16-27(31(51)32(28)52)48-21-39-30-33(38-18-26(22-8-3-1-4-9-22)23-10-5-2-6-11-23)42-35(43-34(30)48)47-15-13-25(19-47)41-36(53)40-24-12-7-14-37-17-24/h1-12,14,17,21,25-28,31-32,50-52H,13,15-16,18-20H2,(H,38,42,43)(H2,40,41,53)/t25-,27-,28+,31+,32-/m1/s1. The lowest BCUT2D eigenvalue weighted by Gasteiger charge is -2.22. The summed E-state index contributed by atoms with van der Waals surface area (Å²) >= 11 is 0. The number of pyridine rings is 1. The van der Waals surface area contributed by atoms with Crippen molar-refractivity contribution < 1.29 is 20.1 Å². The highest BCUT2D eigenvalue weighted by Gasteiger charge is 2.45. The van der Waals surface area contributed by atoms with Gasteiger partial charge in [-0.3, -0.25) is 4.98 Å². The van der Waals surface area contributed by atoms with Crippen molar-refractivity contribution in [2.45, 2.75) is 55.7 Å². The Bertz CT molecular complexity index is 2110. The van der Waals surface area contributed by atoms with E-state index in [-0.39, 0.29) is 30.2 Å². The van der Waals surface area contributed by atoms with Gasteiger partial charge < -0.3 is 40.7 Å². The van der Waals surface area contributed by atoms with Crippen LogP contribution in [0.5, 0.6) is 0 Å². The molecular weight excluding hydrogens is 678 g/mol. The first kappa shape index (κ1) is 34.1. The number of urea groups is 1. The summed E-state index contributed by atoms with van der Waals surface area (Å²) in [6, 6.07) is 22.2. The van der Waals surface area contributed by atoms with Crippen molar-refractivity contribution in [3.63, 3.8) is 0 Å². The molecule has 53 heavy (non-hydrogen) atoms. The van der Waals surface area contributed by atoms with E-state index in [1.807, 2.05) is 41.3 Å². The lowest BCUT2D eigenvalue weighted by Crippen LogP contribution is -2.40. The zero-order valence-electron chi connectivity index (χ0n) is 28.6. The van der Waals surface area contributed by atoms with Gasteiger partial charge in [0.2, 0.25) is 5.95 Å². The van der Waals surface area contributed by atoms with Crippen LogP contribution in [0.3, 0.4) is 0 Å². The zero-order valence-corrected chi connectivity index (χ0v) is 28.6. The molecule has 6 aromatic rings. The summed E-state index contributed by atoms with van der Waals surface area (Å²) < 4.78 is 1.77. The Morgan fingerprint density at radius 2 is 1.70 bits per heavy atom. The van der Waals surface area contributed by atoms with Crippen LogP contribution in [0.2, 0.25) is 0 Å². The van der Waals surface area contributed by atoms with E-state index in [2.05, 4.69) is 60.6 Å². The maximum atomic E-state index is 12.8. The lowest BCUT2D eigenvalue weighted by molar-refractivity contribution is 0.00469. The molecule has 6 N–H and O–H groups in total. The minimum Gasteiger partial charge on any atom is -0.388 e. The molecule has 2 aromatic carbocycles. The summed E-state index contributed by atoms with van der Waals surface area (Å²) in [6.07, 6.45) is 3.34. The van der Waals surface area contributed by atoms with Crippen molar-refractivity contribution in [1.82, 2.24) is 50.0 Å². The van der Waals surface area contributed by atoms with Gasteiger partial charge in [-0.15, -0.1) is 10.2 Å². The van der Waals surface area contributed by atoms with Crippen LogP contribution in [0, 0.1) is 0 Å². The molecule has 4 aromatic heterocycles. The fraction of sp³-hybridized carbons (Fsp3) is 0.333. The van der Waals surface area contributed by atoms with Crippen LogP contribution in [0.25, 0.3) is 11.2 Å². The minimum atomic E-state index is -1.21. The van der Waals surface area contributed by atoms with E-state index in [1.54, 1.807) is 35.4 Å². The Balaban J connectivity index is 1.10. The summed E-state index contributed by atoms with van der Waals surface area (Å²) in [6.45, 7) is 1.16. The number of tetrazole rings is 1. The largest absolute Gasteiger partial charge is 0.388 e. The number of hydrogen-bond acceptors (Lipinski definition) is 13. The second-order valence-corrected chi connectivity index (χ2v) is 13.3. The fourth-order valence-corrected chi connectivity index (χ4v) is 7.21. The van der Waals surface area contributed by atoms with Crippen molar-refractivity contribution in [3.05, 3.63) is 108 Å². The number of hydrogen-bond donors (Lipinski definition) is 6. The topological polar surface area (TPSA) is 217 Å². The van der Waals surface area contributed by atoms with Crippen molar-refractivity contribution in [2.75, 3.05) is 35.2 Å². The Kier molecular flexibility index (Phi) is 9.58. The molecule has 0 unspecified atom stereocenters. The van der Waals surface area contributed by atoms with Crippen LogP contribution >= 0.6 is 0 Å². The quantitative estimate of drug-likeness (QED) is 0.114. The summed E-state index contributed by atoms with van der Waals surface area (Å²) in [5, 5.41) is 53.3. The van der Waals surface area contributed by atoms with Crippen LogP contribution in [0.1, 0.15) is 47.8 Å². The Morgan fingerprint density at radius 3 is 2.40 bits per heavy atom. The predicted octanol–water partition coefficient (Wildman–Crippen LogP) is 2.25. The number of nitrogens with one attached hydrogen (secondary N) is 3. The molecule has 272 valence electrons. The van der Waals surface area contributed by atoms with Gasteiger partial charge in [-0.05, 0) is 41.3 Å². The summed E-state index contributed by atoms with van der Waals surface area (Å²) in [5.74, 6) is 1.07. The molecule has 5 atom stereocenters. The first-order valence-corrected chi connectivity index (χ1v) is 17.5. The van der Waals surface area contributed by atoms with Gasteiger partial charge in [0.15, 0.2) is 22.8 Å². The SMILES string of the molecule is O=C(Nc1cccnc1)N[C@@H]1CCN(c2nc(NCC(c3ccccc3)c3ccccc3)c3ncn([C@@H]4C[C@H](n5nnc(CO)n5)[C@@H](O)[C@H]4O)c3n2)C1. The normalized spacial score (nSPS) is 21.4. The van der Waals surface area contributed by atoms with Crippen LogP contribution in [0.4, 0.5) is 22.2 Å². The molecule has 0 radical (unpaired) electrons. The lowest BCUT2D eigenvalue weighted by atomic mass is 9.91. The Morgan fingerprint density at radius 1 is 0.943 bits per heavy atom. The minimum absolute atomic E-state index is 0.00167. The van der Waals surface area contributed by atoms with Crippen LogP contribution in [-0.2, 0) is 6.61 Å². The van der Waals surface area contributed by atoms with Crippen molar-refractivity contribution >= 4 is 34.6 Å². The number of aliphatic hydroxyl groups excluding tert-OH is 3. The van der Waals surface area contributed by atoms with Gasteiger partial charge in [0.1, 0.15) is 24.9 Å². The molecule has 1 aliphatic carbocycles. The first-order valence-electron chi connectivity index (χ1n) is 17.5. The number of nitrogens with zero attached hydrogens (tertiary/aromatic N) is 10. The third kappa shape index (κ3) is 7.09. The van der Waals surface area contributed by atoms with Crippen LogP contribution < -0.4 is 20.9 Å². The Hall–Kier alpha value is -6.04. The maximum absolute atomic E-state index is 12.8. The number of imidazole rings is 1. The molecule has 8 rings (SSSR count). The molecule has 5 heterocycles. The number of carbonyl (C=O) groups excluding carboxylic acids is 1. The molecule has 0 spiro atoms. The van der Waals surface area contributed by atoms with E-state index in [4.69, 9.17) is 15.0 Å². The molecule has 2 fully saturated rings. The van der Waals surface area contributed by atoms with Gasteiger partial charge in [0, 0.05) is 37.8 Å². The van der Waals surface area contributed by atoms with E-state index in [0.29, 0.717) is 54.7 Å². The molecular formula is C36H39N13O4. The third-order valence-electron chi connectivity index (χ3n) is 9.90. The molecule has 17 nitrogen and oxygen atoms in total. The molecule has 0 bridgehead atoms. The smallest absolute Gasteiger partial charge is 0.319 e. The van der Waals surface area contributed by atoms with E-state index < -0.39 is 30.9 Å². The number of anilines is 3. The molecule has 2 amide bonds. The predicted molar refractivity (Wildman–Crippen MR) is 194 cm³/mol. The second kappa shape index (κ2) is 14.9. The third-order valence-corrected chi connectivity index (χ3v) is 9.90. The van der Waals surface area contributed by atoms with Gasteiger partial charge >= 0.3 is 6.03 Å². The van der Waals surface area contributed by atoms with E-state index >= 15 is 0 Å². The molecule has 1 saturated heterocycles. The Labute approximate surface area is 303 Å². The van der Waals surface area contributed by atoms with Crippen LogP contribution in [-0.4, -0.2) is 104 Å². The number of rotatable bonds is 11. The number of fused-ring (bicyclic) bond motifs is 1. The number of benzene rings is 2. The number of amides is 2. The second-order valence-electron chi connectivity index (χ2n) is 13.3. The van der Waals surface area contributed by atoms with Gasteiger partial charge in [0.05, 0.1) is 24.3 Å². The average molecular weight is 718 g/mol. The van der Waals surface area contributed by atoms with Crippen molar-refractivity contribution in [3.8, 4) is 0 Å². The highest BCUT2D eigenvalue weighted by Crippen LogP contribution is 2.40. The van der Waals surface area contributed by atoms with Gasteiger partial charge in [-0.1, -0.05) is 60.7 Å². The maximum Gasteiger partial charge on any atom is 0.319 e.